The number of anilines is 1. The van der Waals surface area contributed by atoms with Crippen molar-refractivity contribution in [2.24, 2.45) is 0 Å². The van der Waals surface area contributed by atoms with Crippen LogP contribution in [0, 0.1) is 18.6 Å². The van der Waals surface area contributed by atoms with E-state index in [1.807, 2.05) is 0 Å². The van der Waals surface area contributed by atoms with Crippen LogP contribution in [0.5, 0.6) is 5.75 Å². The number of nitrogens with one attached hydrogen (secondary N) is 1. The van der Waals surface area contributed by atoms with Crippen LogP contribution in [0.15, 0.2) is 42.5 Å². The van der Waals surface area contributed by atoms with E-state index in [1.165, 1.54) is 23.5 Å². The van der Waals surface area contributed by atoms with Crippen LogP contribution in [0.1, 0.15) is 15.2 Å². The van der Waals surface area contributed by atoms with Gasteiger partial charge in [0.15, 0.2) is 16.8 Å². The van der Waals surface area contributed by atoms with Gasteiger partial charge in [-0.1, -0.05) is 0 Å². The molecule has 4 nitrogen and oxygen atoms in total. The summed E-state index contributed by atoms with van der Waals surface area (Å²) in [5.74, 6) is -2.77. The molecule has 0 atom stereocenters. The fourth-order valence-electron chi connectivity index (χ4n) is 2.32. The predicted octanol–water partition coefficient (Wildman–Crippen LogP) is 5.25. The van der Waals surface area contributed by atoms with Crippen molar-refractivity contribution in [2.45, 2.75) is 13.5 Å². The van der Waals surface area contributed by atoms with Crippen molar-refractivity contribution in [3.63, 3.8) is 0 Å². The molecule has 0 saturated heterocycles. The molecule has 1 N–H and O–H groups in total. The molecule has 27 heavy (non-hydrogen) atoms. The second kappa shape index (κ2) is 7.75. The van der Waals surface area contributed by atoms with Crippen molar-refractivity contribution in [3.05, 3.63) is 64.5 Å². The number of aromatic nitrogens is 1. The first kappa shape index (κ1) is 18.8. The van der Waals surface area contributed by atoms with E-state index in [2.05, 4.69) is 15.0 Å². The lowest BCUT2D eigenvalue weighted by Crippen LogP contribution is -2.12. The van der Waals surface area contributed by atoms with Gasteiger partial charge in [0, 0.05) is 16.0 Å². The predicted molar refractivity (Wildman–Crippen MR) is 93.2 cm³/mol. The van der Waals surface area contributed by atoms with Gasteiger partial charge in [0.2, 0.25) is 0 Å². The Morgan fingerprint density at radius 1 is 1.11 bits per heavy atom. The van der Waals surface area contributed by atoms with Crippen LogP contribution in [0.25, 0.3) is 11.3 Å². The molecule has 0 aliphatic carbocycles. The Kier molecular flexibility index (Phi) is 5.41. The number of thiazole rings is 1. The molecule has 140 valence electrons. The van der Waals surface area contributed by atoms with Gasteiger partial charge in [-0.3, -0.25) is 10.1 Å². The van der Waals surface area contributed by atoms with Gasteiger partial charge in [-0.15, -0.1) is 11.3 Å². The molecule has 1 aromatic heterocycles. The van der Waals surface area contributed by atoms with E-state index in [9.17, 15) is 22.4 Å². The number of rotatable bonds is 5. The average Bonchev–Trinajstić information content (AvgIpc) is 2.97. The van der Waals surface area contributed by atoms with Gasteiger partial charge < -0.3 is 4.74 Å². The van der Waals surface area contributed by atoms with Crippen molar-refractivity contribution < 1.29 is 27.1 Å². The van der Waals surface area contributed by atoms with E-state index in [4.69, 9.17) is 0 Å². The van der Waals surface area contributed by atoms with Gasteiger partial charge in [-0.25, -0.2) is 13.8 Å². The number of ether oxygens (including phenoxy) is 1. The summed E-state index contributed by atoms with van der Waals surface area (Å²) in [6.07, 6.45) is 0. The molecule has 9 heteroatoms. The fourth-order valence-corrected chi connectivity index (χ4v) is 3.15. The van der Waals surface area contributed by atoms with Gasteiger partial charge in [-0.05, 0) is 49.4 Å². The van der Waals surface area contributed by atoms with Crippen LogP contribution in [-0.2, 0) is 0 Å². The van der Waals surface area contributed by atoms with E-state index in [0.717, 1.165) is 23.1 Å². The Bertz CT molecular complexity index is 974. The zero-order valence-corrected chi connectivity index (χ0v) is 14.6. The highest BCUT2D eigenvalue weighted by Crippen LogP contribution is 2.31. The van der Waals surface area contributed by atoms with E-state index in [0.29, 0.717) is 11.3 Å². The molecule has 2 aromatic carbocycles. The lowest BCUT2D eigenvalue weighted by atomic mass is 10.1. The van der Waals surface area contributed by atoms with Crippen LogP contribution in [-0.4, -0.2) is 17.5 Å². The Hall–Kier alpha value is -2.94. The molecule has 0 fully saturated rings. The maximum absolute atomic E-state index is 13.3. The Balaban J connectivity index is 1.77. The second-order valence-corrected chi connectivity index (χ2v) is 6.61. The van der Waals surface area contributed by atoms with Crippen molar-refractivity contribution in [1.29, 1.82) is 0 Å². The molecule has 0 radical (unpaired) electrons. The number of alkyl halides is 2. The third-order valence-corrected chi connectivity index (χ3v) is 4.44. The highest BCUT2D eigenvalue weighted by atomic mass is 32.1. The topological polar surface area (TPSA) is 51.2 Å². The van der Waals surface area contributed by atoms with Gasteiger partial charge in [0.25, 0.3) is 5.91 Å². The number of halogens is 4. The number of amides is 1. The Morgan fingerprint density at radius 2 is 1.81 bits per heavy atom. The molecule has 1 amide bonds. The second-order valence-electron chi connectivity index (χ2n) is 5.41. The maximum atomic E-state index is 13.3. The summed E-state index contributed by atoms with van der Waals surface area (Å²) in [7, 11) is 0. The van der Waals surface area contributed by atoms with Crippen LogP contribution < -0.4 is 10.1 Å². The molecule has 1 heterocycles. The molecular weight excluding hydrogens is 384 g/mol. The summed E-state index contributed by atoms with van der Waals surface area (Å²) in [4.78, 5) is 17.2. The molecular formula is C18H12F4N2O2S. The quantitative estimate of drug-likeness (QED) is 0.600. The first-order valence-electron chi connectivity index (χ1n) is 7.62. The average molecular weight is 396 g/mol. The number of carbonyl (C=O) groups is 1. The minimum absolute atomic E-state index is 0.0218. The number of carbonyl (C=O) groups excluding carboxylic acids is 1. The standard InChI is InChI=1S/C18H12F4N2O2S/c1-9-15(10-2-5-12(6-3-10)26-17(21)22)23-18(27-9)24-16(25)11-4-7-13(19)14(20)8-11/h2-8,17H,1H3,(H,23,24,25). The molecule has 0 saturated carbocycles. The van der Waals surface area contributed by atoms with Crippen molar-refractivity contribution in [3.8, 4) is 17.0 Å². The van der Waals surface area contributed by atoms with E-state index < -0.39 is 24.2 Å². The van der Waals surface area contributed by atoms with Crippen LogP contribution >= 0.6 is 11.3 Å². The first-order chi connectivity index (χ1) is 12.8. The highest BCUT2D eigenvalue weighted by Gasteiger charge is 2.15. The molecule has 0 bridgehead atoms. The van der Waals surface area contributed by atoms with Gasteiger partial charge >= 0.3 is 6.61 Å². The third kappa shape index (κ3) is 4.43. The summed E-state index contributed by atoms with van der Waals surface area (Å²) >= 11 is 1.19. The largest absolute Gasteiger partial charge is 0.435 e. The molecule has 0 unspecified atom stereocenters. The summed E-state index contributed by atoms with van der Waals surface area (Å²) in [5, 5.41) is 2.80. The van der Waals surface area contributed by atoms with Gasteiger partial charge in [-0.2, -0.15) is 8.78 Å². The highest BCUT2D eigenvalue weighted by molar-refractivity contribution is 7.16. The fraction of sp³-hybridized carbons (Fsp3) is 0.111. The normalized spacial score (nSPS) is 10.9. The number of nitrogens with zero attached hydrogens (tertiary/aromatic N) is 1. The van der Waals surface area contributed by atoms with Gasteiger partial charge in [0.05, 0.1) is 5.69 Å². The number of hydrogen-bond acceptors (Lipinski definition) is 4. The number of hydrogen-bond donors (Lipinski definition) is 1. The lowest BCUT2D eigenvalue weighted by molar-refractivity contribution is -0.0498. The van der Waals surface area contributed by atoms with Crippen molar-refractivity contribution in [1.82, 2.24) is 4.98 Å². The molecule has 0 aliphatic heterocycles. The Labute approximate surface area is 155 Å². The maximum Gasteiger partial charge on any atom is 0.387 e. The van der Waals surface area contributed by atoms with Crippen LogP contribution in [0.2, 0.25) is 0 Å². The number of aryl methyl sites for hydroxylation is 1. The van der Waals surface area contributed by atoms with Gasteiger partial charge in [0.1, 0.15) is 5.75 Å². The van der Waals surface area contributed by atoms with E-state index in [1.54, 1.807) is 19.1 Å². The summed E-state index contributed by atoms with van der Waals surface area (Å²) in [5.41, 5.74) is 1.17. The minimum atomic E-state index is -2.91. The number of benzene rings is 2. The van der Waals surface area contributed by atoms with Crippen molar-refractivity contribution in [2.75, 3.05) is 5.32 Å². The minimum Gasteiger partial charge on any atom is -0.435 e. The third-order valence-electron chi connectivity index (χ3n) is 3.55. The summed E-state index contributed by atoms with van der Waals surface area (Å²) in [6, 6.07) is 8.75. The Morgan fingerprint density at radius 3 is 2.44 bits per heavy atom. The molecule has 0 spiro atoms. The molecule has 3 rings (SSSR count). The smallest absolute Gasteiger partial charge is 0.387 e. The van der Waals surface area contributed by atoms with Crippen molar-refractivity contribution >= 4 is 22.4 Å². The summed E-state index contributed by atoms with van der Waals surface area (Å²) < 4.78 is 54.9. The first-order valence-corrected chi connectivity index (χ1v) is 8.44. The van der Waals surface area contributed by atoms with Crippen LogP contribution in [0.4, 0.5) is 22.7 Å². The van der Waals surface area contributed by atoms with Crippen LogP contribution in [0.3, 0.4) is 0 Å². The zero-order chi connectivity index (χ0) is 19.6. The lowest BCUT2D eigenvalue weighted by Gasteiger charge is -2.05. The monoisotopic (exact) mass is 396 g/mol. The SMILES string of the molecule is Cc1sc(NC(=O)c2ccc(F)c(F)c2)nc1-c1ccc(OC(F)F)cc1. The molecule has 3 aromatic rings. The van der Waals surface area contributed by atoms with E-state index >= 15 is 0 Å². The molecule has 0 aliphatic rings. The van der Waals surface area contributed by atoms with E-state index in [-0.39, 0.29) is 16.4 Å². The summed E-state index contributed by atoms with van der Waals surface area (Å²) in [6.45, 7) is -1.13. The zero-order valence-electron chi connectivity index (χ0n) is 13.8.